The molecule has 3 aromatic carbocycles. The first kappa shape index (κ1) is 30.1. The second kappa shape index (κ2) is 11.9. The van der Waals surface area contributed by atoms with E-state index < -0.39 is 18.4 Å². The van der Waals surface area contributed by atoms with E-state index in [4.69, 9.17) is 11.6 Å². The number of fused-ring (bicyclic) bond motifs is 1. The molecule has 0 saturated heterocycles. The highest BCUT2D eigenvalue weighted by Gasteiger charge is 2.37. The van der Waals surface area contributed by atoms with Crippen LogP contribution in [0, 0.1) is 6.92 Å². The van der Waals surface area contributed by atoms with Crippen molar-refractivity contribution in [3.63, 3.8) is 0 Å². The Morgan fingerprint density at radius 3 is 2.36 bits per heavy atom. The number of carbonyl (C=O) groups is 2. The van der Waals surface area contributed by atoms with Gasteiger partial charge in [0.05, 0.1) is 23.5 Å². The number of hydrogen-bond acceptors (Lipinski definition) is 4. The van der Waals surface area contributed by atoms with Crippen LogP contribution in [0.4, 0.5) is 20.2 Å². The van der Waals surface area contributed by atoms with Crippen LogP contribution in [0.1, 0.15) is 37.5 Å². The standard InChI is InChI=1S/C34H30ClF2N5O3/c1-20-28(34(45)42(25-17-38-39(2)19-25)24-9-11-26(43)12-10-24)16-30(40(20)3)29-15-23(35)8-13-27(29)33(44)41-18-22-7-5-4-6-21(22)14-31(41)32(36)37/h4-13,15-17,19,31-32,43H,14,18H2,1-3H3/t31-/m0/s1. The number of benzene rings is 3. The fraction of sp³-hybridized carbons (Fsp3) is 0.206. The fourth-order valence-corrected chi connectivity index (χ4v) is 6.04. The van der Waals surface area contributed by atoms with Crippen LogP contribution in [0.3, 0.4) is 0 Å². The van der Waals surface area contributed by atoms with Gasteiger partial charge in [-0.2, -0.15) is 5.10 Å². The minimum atomic E-state index is -2.74. The summed E-state index contributed by atoms with van der Waals surface area (Å²) in [4.78, 5) is 31.1. The van der Waals surface area contributed by atoms with Crippen LogP contribution in [0.15, 0.2) is 85.2 Å². The van der Waals surface area contributed by atoms with Crippen molar-refractivity contribution >= 4 is 34.8 Å². The quantitative estimate of drug-likeness (QED) is 0.221. The van der Waals surface area contributed by atoms with Crippen LogP contribution in [0.25, 0.3) is 11.3 Å². The van der Waals surface area contributed by atoms with Gasteiger partial charge in [-0.15, -0.1) is 0 Å². The van der Waals surface area contributed by atoms with Crippen molar-refractivity contribution in [2.45, 2.75) is 32.4 Å². The molecule has 2 aromatic heterocycles. The zero-order valence-electron chi connectivity index (χ0n) is 24.8. The van der Waals surface area contributed by atoms with Crippen LogP contribution < -0.4 is 4.90 Å². The minimum Gasteiger partial charge on any atom is -0.508 e. The third-order valence-corrected chi connectivity index (χ3v) is 8.59. The van der Waals surface area contributed by atoms with E-state index in [2.05, 4.69) is 5.10 Å². The van der Waals surface area contributed by atoms with E-state index in [0.29, 0.717) is 38.9 Å². The molecule has 0 saturated carbocycles. The number of hydrogen-bond donors (Lipinski definition) is 1. The minimum absolute atomic E-state index is 0.0475. The van der Waals surface area contributed by atoms with E-state index in [9.17, 15) is 23.5 Å². The summed E-state index contributed by atoms with van der Waals surface area (Å²) in [5.74, 6) is -0.859. The molecule has 2 amide bonds. The second-order valence-electron chi connectivity index (χ2n) is 11.1. The Hall–Kier alpha value is -4.96. The Kier molecular flexibility index (Phi) is 7.92. The molecule has 11 heteroatoms. The molecule has 230 valence electrons. The van der Waals surface area contributed by atoms with Crippen molar-refractivity contribution in [2.24, 2.45) is 14.1 Å². The number of phenols is 1. The number of aryl methyl sites for hydroxylation is 1. The fourth-order valence-electron chi connectivity index (χ4n) is 5.87. The van der Waals surface area contributed by atoms with Gasteiger partial charge in [0.25, 0.3) is 18.2 Å². The maximum absolute atomic E-state index is 14.3. The Labute approximate surface area is 263 Å². The molecule has 1 aliphatic heterocycles. The lowest BCUT2D eigenvalue weighted by molar-refractivity contribution is 0.0142. The van der Waals surface area contributed by atoms with E-state index in [-0.39, 0.29) is 30.2 Å². The molecule has 3 heterocycles. The second-order valence-corrected chi connectivity index (χ2v) is 11.6. The Morgan fingerprint density at radius 1 is 0.978 bits per heavy atom. The predicted molar refractivity (Wildman–Crippen MR) is 168 cm³/mol. The molecule has 6 rings (SSSR count). The number of halogens is 3. The third-order valence-electron chi connectivity index (χ3n) is 8.35. The lowest BCUT2D eigenvalue weighted by Gasteiger charge is -2.37. The molecule has 0 unspecified atom stereocenters. The molecule has 0 aliphatic carbocycles. The molecule has 5 aromatic rings. The summed E-state index contributed by atoms with van der Waals surface area (Å²) in [6.45, 7) is 1.84. The highest BCUT2D eigenvalue weighted by molar-refractivity contribution is 6.31. The highest BCUT2D eigenvalue weighted by atomic mass is 35.5. The molecule has 45 heavy (non-hydrogen) atoms. The lowest BCUT2D eigenvalue weighted by atomic mass is 9.92. The van der Waals surface area contributed by atoms with Gasteiger partial charge in [0.2, 0.25) is 0 Å². The van der Waals surface area contributed by atoms with Crippen LogP contribution in [0.5, 0.6) is 5.75 Å². The molecule has 0 spiro atoms. The summed E-state index contributed by atoms with van der Waals surface area (Å²) >= 11 is 6.43. The zero-order valence-corrected chi connectivity index (χ0v) is 25.5. The van der Waals surface area contributed by atoms with Gasteiger partial charge in [-0.25, -0.2) is 8.78 Å². The molecule has 0 bridgehead atoms. The highest BCUT2D eigenvalue weighted by Crippen LogP contribution is 2.36. The molecule has 0 radical (unpaired) electrons. The SMILES string of the molecule is Cc1c(C(=O)N(c2ccc(O)cc2)c2cnn(C)c2)cc(-c2cc(Cl)ccc2C(=O)N2Cc3ccccc3C[C@H]2C(F)F)n1C. The summed E-state index contributed by atoms with van der Waals surface area (Å²) in [7, 11) is 3.51. The van der Waals surface area contributed by atoms with Crippen LogP contribution in [-0.4, -0.2) is 48.6 Å². The van der Waals surface area contributed by atoms with Gasteiger partial charge < -0.3 is 14.6 Å². The molecule has 0 fully saturated rings. The molecular weight excluding hydrogens is 600 g/mol. The van der Waals surface area contributed by atoms with Gasteiger partial charge in [0.15, 0.2) is 0 Å². The number of aromatic nitrogens is 3. The van der Waals surface area contributed by atoms with Gasteiger partial charge in [-0.3, -0.25) is 19.2 Å². The number of nitrogens with zero attached hydrogens (tertiary/aromatic N) is 5. The topological polar surface area (TPSA) is 83.6 Å². The Bertz CT molecular complexity index is 1920. The van der Waals surface area contributed by atoms with Gasteiger partial charge in [0, 0.05) is 60.1 Å². The first-order chi connectivity index (χ1) is 21.5. The molecule has 1 N–H and O–H groups in total. The van der Waals surface area contributed by atoms with Crippen LogP contribution >= 0.6 is 11.6 Å². The van der Waals surface area contributed by atoms with Gasteiger partial charge in [-0.1, -0.05) is 35.9 Å². The average Bonchev–Trinajstić information content (AvgIpc) is 3.58. The van der Waals surface area contributed by atoms with Crippen LogP contribution in [0.2, 0.25) is 5.02 Å². The normalized spacial score (nSPS) is 14.5. The monoisotopic (exact) mass is 629 g/mol. The maximum atomic E-state index is 14.3. The smallest absolute Gasteiger partial charge is 0.264 e. The lowest BCUT2D eigenvalue weighted by Crippen LogP contribution is -2.48. The Morgan fingerprint density at radius 2 is 1.69 bits per heavy atom. The van der Waals surface area contributed by atoms with Gasteiger partial charge >= 0.3 is 0 Å². The maximum Gasteiger partial charge on any atom is 0.264 e. The number of phenolic OH excluding ortho intramolecular Hbond substituents is 1. The Balaban J connectivity index is 1.43. The summed E-state index contributed by atoms with van der Waals surface area (Å²) in [5, 5.41) is 14.4. The third kappa shape index (κ3) is 5.57. The van der Waals surface area contributed by atoms with Crippen molar-refractivity contribution < 1.29 is 23.5 Å². The predicted octanol–water partition coefficient (Wildman–Crippen LogP) is 6.90. The summed E-state index contributed by atoms with van der Waals surface area (Å²) in [6.07, 6.45) is 0.575. The number of amides is 2. The van der Waals surface area contributed by atoms with Crippen molar-refractivity contribution in [1.29, 1.82) is 0 Å². The zero-order chi connectivity index (χ0) is 32.0. The summed E-state index contributed by atoms with van der Waals surface area (Å²) in [6, 6.07) is 18.7. The van der Waals surface area contributed by atoms with Crippen molar-refractivity contribution in [2.75, 3.05) is 4.90 Å². The van der Waals surface area contributed by atoms with E-state index in [1.54, 1.807) is 79.1 Å². The molecule has 1 atom stereocenters. The summed E-state index contributed by atoms with van der Waals surface area (Å²) < 4.78 is 32.0. The van der Waals surface area contributed by atoms with Crippen molar-refractivity contribution in [1.82, 2.24) is 19.2 Å². The van der Waals surface area contributed by atoms with Crippen molar-refractivity contribution in [3.05, 3.63) is 118 Å². The van der Waals surface area contributed by atoms with Crippen molar-refractivity contribution in [3.8, 4) is 17.0 Å². The molecular formula is C34H30ClF2N5O3. The number of alkyl halides is 2. The van der Waals surface area contributed by atoms with E-state index in [0.717, 1.165) is 11.1 Å². The first-order valence-corrected chi connectivity index (χ1v) is 14.7. The van der Waals surface area contributed by atoms with Gasteiger partial charge in [-0.05, 0) is 73.0 Å². The van der Waals surface area contributed by atoms with E-state index in [1.807, 2.05) is 24.3 Å². The number of aromatic hydroxyl groups is 1. The van der Waals surface area contributed by atoms with Crippen LogP contribution in [-0.2, 0) is 27.1 Å². The van der Waals surface area contributed by atoms with E-state index in [1.165, 1.54) is 21.9 Å². The van der Waals surface area contributed by atoms with Gasteiger partial charge in [0.1, 0.15) is 5.75 Å². The molecule has 1 aliphatic rings. The average molecular weight is 630 g/mol. The number of anilines is 2. The molecule has 8 nitrogen and oxygen atoms in total. The largest absolute Gasteiger partial charge is 0.508 e. The summed E-state index contributed by atoms with van der Waals surface area (Å²) in [5.41, 5.74) is 4.75. The number of rotatable bonds is 6. The van der Waals surface area contributed by atoms with E-state index >= 15 is 0 Å². The number of carbonyl (C=O) groups excluding carboxylic acids is 2. The first-order valence-electron chi connectivity index (χ1n) is 14.3.